The SMILES string of the molecule is CCC(C)Cc1cn[nH]c1C. The number of aromatic nitrogens is 2. The zero-order valence-electron chi connectivity index (χ0n) is 7.52. The van der Waals surface area contributed by atoms with Crippen molar-refractivity contribution in [2.24, 2.45) is 5.92 Å². The molecular weight excluding hydrogens is 136 g/mol. The molecule has 1 heterocycles. The molecule has 0 aromatic carbocycles. The largest absolute Gasteiger partial charge is 0.283 e. The molecule has 0 aliphatic rings. The molecule has 2 nitrogen and oxygen atoms in total. The Morgan fingerprint density at radius 3 is 2.82 bits per heavy atom. The highest BCUT2D eigenvalue weighted by molar-refractivity contribution is 5.14. The lowest BCUT2D eigenvalue weighted by molar-refractivity contribution is 0.559. The van der Waals surface area contributed by atoms with Gasteiger partial charge in [-0.15, -0.1) is 0 Å². The van der Waals surface area contributed by atoms with E-state index in [1.165, 1.54) is 17.7 Å². The lowest BCUT2D eigenvalue weighted by Gasteiger charge is -2.05. The fraction of sp³-hybridized carbons (Fsp3) is 0.667. The molecule has 1 atom stereocenters. The predicted molar refractivity (Wildman–Crippen MR) is 46.5 cm³/mol. The number of rotatable bonds is 3. The summed E-state index contributed by atoms with van der Waals surface area (Å²) in [5, 5.41) is 6.93. The summed E-state index contributed by atoms with van der Waals surface area (Å²) in [6, 6.07) is 0. The molecule has 0 amide bonds. The summed E-state index contributed by atoms with van der Waals surface area (Å²) in [7, 11) is 0. The van der Waals surface area contributed by atoms with Crippen molar-refractivity contribution in [1.29, 1.82) is 0 Å². The molecule has 0 radical (unpaired) electrons. The van der Waals surface area contributed by atoms with Crippen LogP contribution in [0.5, 0.6) is 0 Å². The van der Waals surface area contributed by atoms with Gasteiger partial charge in [0, 0.05) is 5.69 Å². The smallest absolute Gasteiger partial charge is 0.0522 e. The molecule has 1 unspecified atom stereocenters. The van der Waals surface area contributed by atoms with Gasteiger partial charge in [-0.2, -0.15) is 5.10 Å². The van der Waals surface area contributed by atoms with Gasteiger partial charge in [0.15, 0.2) is 0 Å². The third-order valence-corrected chi connectivity index (χ3v) is 2.20. The topological polar surface area (TPSA) is 28.7 Å². The van der Waals surface area contributed by atoms with E-state index in [1.54, 1.807) is 0 Å². The minimum atomic E-state index is 0.770. The van der Waals surface area contributed by atoms with Crippen LogP contribution in [0.1, 0.15) is 31.5 Å². The number of hydrogen-bond acceptors (Lipinski definition) is 1. The van der Waals surface area contributed by atoms with Gasteiger partial charge in [-0.1, -0.05) is 20.3 Å². The van der Waals surface area contributed by atoms with Crippen LogP contribution in [0.25, 0.3) is 0 Å². The highest BCUT2D eigenvalue weighted by Crippen LogP contribution is 2.12. The number of aryl methyl sites for hydroxylation is 1. The number of H-pyrrole nitrogens is 1. The zero-order valence-corrected chi connectivity index (χ0v) is 7.52. The first kappa shape index (κ1) is 8.31. The first-order valence-electron chi connectivity index (χ1n) is 4.22. The first-order valence-corrected chi connectivity index (χ1v) is 4.22. The van der Waals surface area contributed by atoms with Gasteiger partial charge in [0.2, 0.25) is 0 Å². The predicted octanol–water partition coefficient (Wildman–Crippen LogP) is 2.31. The van der Waals surface area contributed by atoms with Crippen LogP contribution >= 0.6 is 0 Å². The van der Waals surface area contributed by atoms with Gasteiger partial charge in [-0.3, -0.25) is 5.10 Å². The highest BCUT2D eigenvalue weighted by Gasteiger charge is 2.04. The molecular formula is C9H16N2. The quantitative estimate of drug-likeness (QED) is 0.707. The normalized spacial score (nSPS) is 13.4. The van der Waals surface area contributed by atoms with E-state index in [2.05, 4.69) is 31.0 Å². The Morgan fingerprint density at radius 1 is 1.64 bits per heavy atom. The molecule has 0 bridgehead atoms. The fourth-order valence-electron chi connectivity index (χ4n) is 1.10. The van der Waals surface area contributed by atoms with E-state index in [4.69, 9.17) is 0 Å². The van der Waals surface area contributed by atoms with Crippen molar-refractivity contribution >= 4 is 0 Å². The molecule has 0 saturated carbocycles. The van der Waals surface area contributed by atoms with E-state index < -0.39 is 0 Å². The molecule has 1 aromatic rings. The van der Waals surface area contributed by atoms with Crippen molar-refractivity contribution < 1.29 is 0 Å². The van der Waals surface area contributed by atoms with Crippen molar-refractivity contribution in [1.82, 2.24) is 10.2 Å². The standard InChI is InChI=1S/C9H16N2/c1-4-7(2)5-9-6-10-11-8(9)3/h6-7H,4-5H2,1-3H3,(H,10,11). The van der Waals surface area contributed by atoms with Crippen molar-refractivity contribution in [2.45, 2.75) is 33.6 Å². The maximum absolute atomic E-state index is 3.98. The molecule has 0 spiro atoms. The molecule has 1 N–H and O–H groups in total. The summed E-state index contributed by atoms with van der Waals surface area (Å²) in [4.78, 5) is 0. The Hall–Kier alpha value is -0.790. The minimum absolute atomic E-state index is 0.770. The van der Waals surface area contributed by atoms with E-state index >= 15 is 0 Å². The second kappa shape index (κ2) is 3.56. The van der Waals surface area contributed by atoms with E-state index in [-0.39, 0.29) is 0 Å². The first-order chi connectivity index (χ1) is 5.24. The summed E-state index contributed by atoms with van der Waals surface area (Å²) in [5.41, 5.74) is 2.57. The molecule has 11 heavy (non-hydrogen) atoms. The third kappa shape index (κ3) is 2.07. The number of nitrogens with zero attached hydrogens (tertiary/aromatic N) is 1. The second-order valence-corrected chi connectivity index (χ2v) is 3.24. The molecule has 0 fully saturated rings. The fourth-order valence-corrected chi connectivity index (χ4v) is 1.10. The Kier molecular flexibility index (Phi) is 2.69. The van der Waals surface area contributed by atoms with Crippen LogP contribution in [-0.2, 0) is 6.42 Å². The van der Waals surface area contributed by atoms with Crippen molar-refractivity contribution in [3.8, 4) is 0 Å². The number of nitrogens with one attached hydrogen (secondary N) is 1. The van der Waals surface area contributed by atoms with Gasteiger partial charge in [-0.05, 0) is 24.8 Å². The average molecular weight is 152 g/mol. The van der Waals surface area contributed by atoms with E-state index in [1.807, 2.05) is 6.20 Å². The molecule has 0 aliphatic heterocycles. The number of aromatic amines is 1. The summed E-state index contributed by atoms with van der Waals surface area (Å²) in [5.74, 6) is 0.770. The van der Waals surface area contributed by atoms with Crippen LogP contribution in [0.15, 0.2) is 6.20 Å². The lowest BCUT2D eigenvalue weighted by Crippen LogP contribution is -1.97. The Morgan fingerprint density at radius 2 is 2.36 bits per heavy atom. The van der Waals surface area contributed by atoms with Gasteiger partial charge >= 0.3 is 0 Å². The summed E-state index contributed by atoms with van der Waals surface area (Å²) < 4.78 is 0. The zero-order chi connectivity index (χ0) is 8.27. The van der Waals surface area contributed by atoms with Crippen LogP contribution in [0.4, 0.5) is 0 Å². The van der Waals surface area contributed by atoms with E-state index in [0.717, 1.165) is 12.3 Å². The average Bonchev–Trinajstić information content (AvgIpc) is 2.37. The van der Waals surface area contributed by atoms with Crippen LogP contribution in [0, 0.1) is 12.8 Å². The minimum Gasteiger partial charge on any atom is -0.283 e. The van der Waals surface area contributed by atoms with Gasteiger partial charge in [0.05, 0.1) is 6.20 Å². The molecule has 1 rings (SSSR count). The maximum Gasteiger partial charge on any atom is 0.0522 e. The lowest BCUT2D eigenvalue weighted by atomic mass is 10.00. The Labute approximate surface area is 68.0 Å². The third-order valence-electron chi connectivity index (χ3n) is 2.20. The van der Waals surface area contributed by atoms with E-state index in [9.17, 15) is 0 Å². The van der Waals surface area contributed by atoms with Crippen LogP contribution in [-0.4, -0.2) is 10.2 Å². The van der Waals surface area contributed by atoms with E-state index in [0.29, 0.717) is 0 Å². The number of hydrogen-bond donors (Lipinski definition) is 1. The molecule has 0 aliphatic carbocycles. The van der Waals surface area contributed by atoms with Crippen molar-refractivity contribution in [2.75, 3.05) is 0 Å². The van der Waals surface area contributed by atoms with Gasteiger partial charge in [-0.25, -0.2) is 0 Å². The Bertz CT molecular complexity index is 215. The molecule has 62 valence electrons. The van der Waals surface area contributed by atoms with Crippen LogP contribution < -0.4 is 0 Å². The molecule has 1 aromatic heterocycles. The van der Waals surface area contributed by atoms with Gasteiger partial charge < -0.3 is 0 Å². The molecule has 2 heteroatoms. The second-order valence-electron chi connectivity index (χ2n) is 3.24. The molecule has 0 saturated heterocycles. The van der Waals surface area contributed by atoms with Gasteiger partial charge in [0.1, 0.15) is 0 Å². The summed E-state index contributed by atoms with van der Waals surface area (Å²) in [6.45, 7) is 6.57. The van der Waals surface area contributed by atoms with Crippen molar-refractivity contribution in [3.05, 3.63) is 17.5 Å². The summed E-state index contributed by atoms with van der Waals surface area (Å²) in [6.07, 6.45) is 4.32. The maximum atomic E-state index is 3.98. The highest BCUT2D eigenvalue weighted by atomic mass is 15.1. The van der Waals surface area contributed by atoms with Crippen LogP contribution in [0.3, 0.4) is 0 Å². The van der Waals surface area contributed by atoms with Crippen molar-refractivity contribution in [3.63, 3.8) is 0 Å². The monoisotopic (exact) mass is 152 g/mol. The Balaban J connectivity index is 2.56. The van der Waals surface area contributed by atoms with Crippen LogP contribution in [0.2, 0.25) is 0 Å². The van der Waals surface area contributed by atoms with Gasteiger partial charge in [0.25, 0.3) is 0 Å². The summed E-state index contributed by atoms with van der Waals surface area (Å²) >= 11 is 0.